The number of benzene rings is 1. The molecule has 1 amide bonds. The molecule has 1 aliphatic heterocycles. The Bertz CT molecular complexity index is 1110. The van der Waals surface area contributed by atoms with Gasteiger partial charge in [0, 0.05) is 50.0 Å². The Morgan fingerprint density at radius 1 is 1.24 bits per heavy atom. The second-order valence-corrected chi connectivity index (χ2v) is 10.2. The van der Waals surface area contributed by atoms with Crippen LogP contribution in [0.3, 0.4) is 0 Å². The molecule has 1 saturated heterocycles. The number of amides is 1. The number of likely N-dealkylation sites (N-methyl/N-ethyl adjacent to an activating group) is 1. The minimum atomic E-state index is -0.647. The fourth-order valence-electron chi connectivity index (χ4n) is 4.35. The number of ketones is 1. The van der Waals surface area contributed by atoms with Crippen LogP contribution in [0.15, 0.2) is 42.1 Å². The van der Waals surface area contributed by atoms with E-state index >= 15 is 0 Å². The van der Waals surface area contributed by atoms with Crippen molar-refractivity contribution in [1.29, 1.82) is 0 Å². The van der Waals surface area contributed by atoms with Gasteiger partial charge in [0.2, 0.25) is 5.91 Å². The predicted octanol–water partition coefficient (Wildman–Crippen LogP) is 3.23. The van der Waals surface area contributed by atoms with Gasteiger partial charge in [-0.1, -0.05) is 30.0 Å². The summed E-state index contributed by atoms with van der Waals surface area (Å²) in [6.45, 7) is 2.68. The highest BCUT2D eigenvalue weighted by Gasteiger charge is 2.41. The maximum atomic E-state index is 14.8. The van der Waals surface area contributed by atoms with Gasteiger partial charge in [-0.3, -0.25) is 24.0 Å². The van der Waals surface area contributed by atoms with Gasteiger partial charge < -0.3 is 5.32 Å². The number of rotatable bonds is 8. The quantitative estimate of drug-likeness (QED) is 0.619. The lowest BCUT2D eigenvalue weighted by atomic mass is 9.93. The lowest BCUT2D eigenvalue weighted by Crippen LogP contribution is -2.43. The molecule has 2 aromatic rings. The van der Waals surface area contributed by atoms with Crippen molar-refractivity contribution in [2.24, 2.45) is 5.92 Å². The Morgan fingerprint density at radius 3 is 2.68 bits per heavy atom. The third-order valence-electron chi connectivity index (χ3n) is 6.18. The lowest BCUT2D eigenvalue weighted by Gasteiger charge is -2.38. The maximum absolute atomic E-state index is 14.8. The Balaban J connectivity index is 1.63. The van der Waals surface area contributed by atoms with Crippen LogP contribution in [0.1, 0.15) is 43.5 Å². The SMILES string of the molecule is CNC(=O)Cn1ccc(/C=C2\CN(C(C(=O)C3CC3)c3ccccc3F)CCC2SC(C)=O)n1. The van der Waals surface area contributed by atoms with E-state index in [1.807, 2.05) is 17.0 Å². The number of halogens is 1. The Morgan fingerprint density at radius 2 is 2.00 bits per heavy atom. The van der Waals surface area contributed by atoms with Gasteiger partial charge in [-0.2, -0.15) is 5.10 Å². The zero-order chi connectivity index (χ0) is 24.2. The molecule has 9 heteroatoms. The Hall–Kier alpha value is -2.78. The van der Waals surface area contributed by atoms with E-state index in [-0.39, 0.29) is 40.3 Å². The minimum Gasteiger partial charge on any atom is -0.358 e. The number of carbonyl (C=O) groups excluding carboxylic acids is 3. The second kappa shape index (κ2) is 10.7. The normalized spacial score (nSPS) is 20.8. The van der Waals surface area contributed by atoms with Crippen LogP contribution in [-0.4, -0.2) is 56.9 Å². The van der Waals surface area contributed by atoms with Gasteiger partial charge in [-0.15, -0.1) is 0 Å². The molecule has 180 valence electrons. The summed E-state index contributed by atoms with van der Waals surface area (Å²) in [7, 11) is 1.57. The number of Topliss-reactive ketones (excluding diaryl/α,β-unsaturated/α-hetero) is 1. The van der Waals surface area contributed by atoms with Gasteiger partial charge in [-0.05, 0) is 43.0 Å². The van der Waals surface area contributed by atoms with E-state index in [0.29, 0.717) is 30.8 Å². The monoisotopic (exact) mass is 484 g/mol. The largest absolute Gasteiger partial charge is 0.358 e. The Kier molecular flexibility index (Phi) is 7.63. The summed E-state index contributed by atoms with van der Waals surface area (Å²) in [6.07, 6.45) is 6.02. The molecule has 0 bridgehead atoms. The summed E-state index contributed by atoms with van der Waals surface area (Å²) < 4.78 is 16.3. The van der Waals surface area contributed by atoms with Gasteiger partial charge in [-0.25, -0.2) is 4.39 Å². The molecule has 2 fully saturated rings. The highest BCUT2D eigenvalue weighted by atomic mass is 32.2. The number of piperidine rings is 1. The van der Waals surface area contributed by atoms with Crippen LogP contribution in [-0.2, 0) is 20.9 Å². The first-order valence-electron chi connectivity index (χ1n) is 11.5. The molecule has 4 rings (SSSR count). The average Bonchev–Trinajstić information content (AvgIpc) is 3.57. The fourth-order valence-corrected chi connectivity index (χ4v) is 5.27. The van der Waals surface area contributed by atoms with Crippen molar-refractivity contribution >= 4 is 34.6 Å². The van der Waals surface area contributed by atoms with Crippen LogP contribution >= 0.6 is 11.8 Å². The first-order valence-corrected chi connectivity index (χ1v) is 12.4. The number of thioether (sulfide) groups is 1. The molecule has 1 aromatic carbocycles. The van der Waals surface area contributed by atoms with Crippen LogP contribution in [0.25, 0.3) is 6.08 Å². The molecule has 7 nitrogen and oxygen atoms in total. The van der Waals surface area contributed by atoms with E-state index < -0.39 is 6.04 Å². The summed E-state index contributed by atoms with van der Waals surface area (Å²) in [6, 6.07) is 7.66. The number of carbonyl (C=O) groups is 3. The van der Waals surface area contributed by atoms with E-state index in [9.17, 15) is 18.8 Å². The van der Waals surface area contributed by atoms with Crippen molar-refractivity contribution in [2.75, 3.05) is 20.1 Å². The van der Waals surface area contributed by atoms with Crippen LogP contribution in [0.5, 0.6) is 0 Å². The van der Waals surface area contributed by atoms with Gasteiger partial charge in [0.1, 0.15) is 12.4 Å². The highest BCUT2D eigenvalue weighted by Crippen LogP contribution is 2.40. The molecule has 1 aliphatic carbocycles. The van der Waals surface area contributed by atoms with Gasteiger partial charge in [0.05, 0.1) is 11.7 Å². The number of aromatic nitrogens is 2. The smallest absolute Gasteiger partial charge is 0.241 e. The number of hydrogen-bond donors (Lipinski definition) is 1. The Labute approximate surface area is 202 Å². The summed E-state index contributed by atoms with van der Waals surface area (Å²) in [5.41, 5.74) is 2.04. The van der Waals surface area contributed by atoms with Crippen molar-refractivity contribution in [3.63, 3.8) is 0 Å². The molecular weight excluding hydrogens is 455 g/mol. The molecule has 0 spiro atoms. The van der Waals surface area contributed by atoms with Crippen LogP contribution < -0.4 is 5.32 Å². The van der Waals surface area contributed by atoms with Crippen LogP contribution in [0, 0.1) is 11.7 Å². The molecule has 2 unspecified atom stereocenters. The fraction of sp³-hybridized carbons (Fsp3) is 0.440. The third kappa shape index (κ3) is 5.82. The highest BCUT2D eigenvalue weighted by molar-refractivity contribution is 8.14. The van der Waals surface area contributed by atoms with Gasteiger partial charge in [0.25, 0.3) is 0 Å². The maximum Gasteiger partial charge on any atom is 0.241 e. The number of likely N-dealkylation sites (tertiary alicyclic amines) is 1. The molecule has 2 heterocycles. The number of hydrogen-bond acceptors (Lipinski definition) is 6. The molecule has 34 heavy (non-hydrogen) atoms. The third-order valence-corrected chi connectivity index (χ3v) is 7.33. The van der Waals surface area contributed by atoms with E-state index in [1.54, 1.807) is 43.0 Å². The van der Waals surface area contributed by atoms with Crippen molar-refractivity contribution in [3.8, 4) is 0 Å². The first kappa shape index (κ1) is 24.3. The molecular formula is C25H29FN4O3S. The van der Waals surface area contributed by atoms with Crippen LogP contribution in [0.2, 0.25) is 0 Å². The molecule has 1 saturated carbocycles. The summed E-state index contributed by atoms with van der Waals surface area (Å²) in [4.78, 5) is 38.9. The standard InChI is InChI=1S/C25H29FN4O3S/c1-16(31)34-22-10-11-29(14-18(22)13-19-9-12-30(28-19)15-23(32)27-2)24(25(33)17-7-8-17)20-5-3-4-6-21(20)26/h3-6,9,12-13,17,22,24H,7-8,10-11,14-15H2,1-2H3,(H,27,32)/b18-13+. The molecule has 0 radical (unpaired) electrons. The molecule has 2 aliphatic rings. The van der Waals surface area contributed by atoms with E-state index in [2.05, 4.69) is 10.4 Å². The average molecular weight is 485 g/mol. The van der Waals surface area contributed by atoms with E-state index in [0.717, 1.165) is 18.4 Å². The molecule has 1 aromatic heterocycles. The van der Waals surface area contributed by atoms with E-state index in [4.69, 9.17) is 0 Å². The van der Waals surface area contributed by atoms with Gasteiger partial charge in [0.15, 0.2) is 10.9 Å². The van der Waals surface area contributed by atoms with Crippen molar-refractivity contribution in [1.82, 2.24) is 20.0 Å². The molecule has 1 N–H and O–H groups in total. The lowest BCUT2D eigenvalue weighted by molar-refractivity contribution is -0.126. The van der Waals surface area contributed by atoms with E-state index in [1.165, 1.54) is 17.8 Å². The molecule has 2 atom stereocenters. The topological polar surface area (TPSA) is 84.3 Å². The predicted molar refractivity (Wildman–Crippen MR) is 129 cm³/mol. The van der Waals surface area contributed by atoms with Crippen LogP contribution in [0.4, 0.5) is 4.39 Å². The number of nitrogens with one attached hydrogen (secondary N) is 1. The first-order chi connectivity index (χ1) is 16.4. The summed E-state index contributed by atoms with van der Waals surface area (Å²) in [5, 5.41) is 7.01. The minimum absolute atomic E-state index is 0.0123. The summed E-state index contributed by atoms with van der Waals surface area (Å²) >= 11 is 1.27. The zero-order valence-electron chi connectivity index (χ0n) is 19.4. The van der Waals surface area contributed by atoms with Crippen molar-refractivity contribution in [2.45, 2.75) is 44.0 Å². The number of nitrogens with zero attached hydrogens (tertiary/aromatic N) is 3. The van der Waals surface area contributed by atoms with Gasteiger partial charge >= 0.3 is 0 Å². The zero-order valence-corrected chi connectivity index (χ0v) is 20.2. The van der Waals surface area contributed by atoms with Crippen molar-refractivity contribution in [3.05, 3.63) is 59.2 Å². The second-order valence-electron chi connectivity index (χ2n) is 8.79. The van der Waals surface area contributed by atoms with Crippen molar-refractivity contribution < 1.29 is 18.8 Å². The summed E-state index contributed by atoms with van der Waals surface area (Å²) in [5.74, 6) is -0.471.